The molecule has 6 heteroatoms. The highest BCUT2D eigenvalue weighted by Gasteiger charge is 2.33. The molecule has 0 heterocycles. The van der Waals surface area contributed by atoms with Crippen LogP contribution in [0.3, 0.4) is 0 Å². The normalized spacial score (nSPS) is 11.5. The minimum Gasteiger partial charge on any atom is -0.402 e. The fourth-order valence-corrected chi connectivity index (χ4v) is 0.908. The average molecular weight is 210 g/mol. The molecule has 14 heavy (non-hydrogen) atoms. The van der Waals surface area contributed by atoms with Crippen LogP contribution in [0, 0.1) is 5.82 Å². The Kier molecular flexibility index (Phi) is 2.95. The number of benzene rings is 1. The molecule has 0 aliphatic heterocycles. The molecule has 0 aliphatic rings. The Balaban J connectivity index is 3.05. The van der Waals surface area contributed by atoms with Gasteiger partial charge in [-0.25, -0.2) is 4.39 Å². The topological polar surface area (TPSA) is 29.5 Å². The van der Waals surface area contributed by atoms with Gasteiger partial charge in [0.15, 0.2) is 11.6 Å². The van der Waals surface area contributed by atoms with Crippen molar-refractivity contribution in [3.05, 3.63) is 29.6 Å². The van der Waals surface area contributed by atoms with E-state index < -0.39 is 24.5 Å². The molecule has 0 radical (unpaired) electrons. The van der Waals surface area contributed by atoms with E-state index in [1.165, 1.54) is 6.07 Å². The second kappa shape index (κ2) is 3.83. The number of hydrogen-bond donors (Lipinski definition) is 1. The molecule has 0 aliphatic carbocycles. The van der Waals surface area contributed by atoms with Gasteiger partial charge >= 0.3 is 6.36 Å². The quantitative estimate of drug-likeness (QED) is 0.758. The molecule has 0 bridgehead atoms. The van der Waals surface area contributed by atoms with Crippen LogP contribution < -0.4 is 4.74 Å². The summed E-state index contributed by atoms with van der Waals surface area (Å²) in [4.78, 5) is 0. The molecule has 0 atom stereocenters. The van der Waals surface area contributed by atoms with Crippen LogP contribution in [0.2, 0.25) is 0 Å². The Labute approximate surface area is 76.7 Å². The molecule has 0 saturated heterocycles. The van der Waals surface area contributed by atoms with Gasteiger partial charge in [0.05, 0.1) is 6.61 Å². The molecule has 0 unspecified atom stereocenters. The first kappa shape index (κ1) is 10.8. The Bertz CT molecular complexity index is 322. The van der Waals surface area contributed by atoms with Gasteiger partial charge in [-0.3, -0.25) is 0 Å². The van der Waals surface area contributed by atoms with Crippen molar-refractivity contribution in [3.63, 3.8) is 0 Å². The van der Waals surface area contributed by atoms with E-state index in [0.717, 1.165) is 12.1 Å². The van der Waals surface area contributed by atoms with Crippen molar-refractivity contribution in [2.24, 2.45) is 0 Å². The molecule has 0 saturated carbocycles. The predicted molar refractivity (Wildman–Crippen MR) is 39.0 cm³/mol. The van der Waals surface area contributed by atoms with E-state index in [-0.39, 0.29) is 5.56 Å². The van der Waals surface area contributed by atoms with Crippen LogP contribution in [0.1, 0.15) is 5.56 Å². The zero-order valence-corrected chi connectivity index (χ0v) is 6.81. The van der Waals surface area contributed by atoms with Crippen molar-refractivity contribution in [1.82, 2.24) is 0 Å². The third-order valence-corrected chi connectivity index (χ3v) is 1.44. The van der Waals surface area contributed by atoms with Gasteiger partial charge in [-0.05, 0) is 6.07 Å². The lowest BCUT2D eigenvalue weighted by Gasteiger charge is -2.12. The van der Waals surface area contributed by atoms with Gasteiger partial charge in [-0.15, -0.1) is 13.2 Å². The summed E-state index contributed by atoms with van der Waals surface area (Å²) in [5.41, 5.74) is -0.248. The Hall–Kier alpha value is -1.30. The highest BCUT2D eigenvalue weighted by molar-refractivity contribution is 5.34. The number of para-hydroxylation sites is 1. The zero-order valence-electron chi connectivity index (χ0n) is 6.81. The van der Waals surface area contributed by atoms with Crippen molar-refractivity contribution >= 4 is 0 Å². The lowest BCUT2D eigenvalue weighted by atomic mass is 10.2. The molecular weight excluding hydrogens is 204 g/mol. The number of ether oxygens (including phenoxy) is 1. The summed E-state index contributed by atoms with van der Waals surface area (Å²) < 4.78 is 51.6. The van der Waals surface area contributed by atoms with Crippen LogP contribution in [0.4, 0.5) is 17.6 Å². The van der Waals surface area contributed by atoms with Gasteiger partial charge in [0, 0.05) is 5.56 Å². The number of rotatable bonds is 2. The summed E-state index contributed by atoms with van der Waals surface area (Å²) in [5.74, 6) is -2.14. The molecule has 1 rings (SSSR count). The fourth-order valence-electron chi connectivity index (χ4n) is 0.908. The van der Waals surface area contributed by atoms with Crippen molar-refractivity contribution < 1.29 is 27.4 Å². The Morgan fingerprint density at radius 1 is 1.29 bits per heavy atom. The Morgan fingerprint density at radius 3 is 2.43 bits per heavy atom. The molecular formula is C8H6F4O2. The SMILES string of the molecule is OCc1cccc(F)c1OC(F)(F)F. The van der Waals surface area contributed by atoms with E-state index in [0.29, 0.717) is 0 Å². The monoisotopic (exact) mass is 210 g/mol. The number of halogens is 4. The van der Waals surface area contributed by atoms with Gasteiger partial charge in [0.2, 0.25) is 0 Å². The minimum absolute atomic E-state index is 0.248. The number of aliphatic hydroxyl groups is 1. The van der Waals surface area contributed by atoms with E-state index >= 15 is 0 Å². The lowest BCUT2D eigenvalue weighted by molar-refractivity contribution is -0.276. The first-order chi connectivity index (χ1) is 6.44. The van der Waals surface area contributed by atoms with Crippen molar-refractivity contribution in [2.75, 3.05) is 0 Å². The van der Waals surface area contributed by atoms with Crippen LogP contribution in [0.5, 0.6) is 5.75 Å². The summed E-state index contributed by atoms with van der Waals surface area (Å²) >= 11 is 0. The van der Waals surface area contributed by atoms with E-state index in [9.17, 15) is 17.6 Å². The predicted octanol–water partition coefficient (Wildman–Crippen LogP) is 2.22. The largest absolute Gasteiger partial charge is 0.573 e. The smallest absolute Gasteiger partial charge is 0.402 e. The second-order valence-corrected chi connectivity index (χ2v) is 2.43. The minimum atomic E-state index is -4.97. The summed E-state index contributed by atoms with van der Waals surface area (Å²) in [6, 6.07) is 3.15. The summed E-state index contributed by atoms with van der Waals surface area (Å²) in [6.07, 6.45) is -4.97. The molecule has 78 valence electrons. The third-order valence-electron chi connectivity index (χ3n) is 1.44. The molecule has 0 fully saturated rings. The van der Waals surface area contributed by atoms with Gasteiger partial charge in [-0.1, -0.05) is 12.1 Å². The summed E-state index contributed by atoms with van der Waals surface area (Å²) in [6.45, 7) is -0.719. The maximum absolute atomic E-state index is 12.8. The molecule has 1 N–H and O–H groups in total. The van der Waals surface area contributed by atoms with Crippen LogP contribution in [0.25, 0.3) is 0 Å². The molecule has 0 amide bonds. The molecule has 2 nitrogen and oxygen atoms in total. The van der Waals surface area contributed by atoms with E-state index in [2.05, 4.69) is 4.74 Å². The highest BCUT2D eigenvalue weighted by atomic mass is 19.4. The van der Waals surface area contributed by atoms with Crippen LogP contribution in [-0.4, -0.2) is 11.5 Å². The van der Waals surface area contributed by atoms with Gasteiger partial charge in [0.25, 0.3) is 0 Å². The second-order valence-electron chi connectivity index (χ2n) is 2.43. The van der Waals surface area contributed by atoms with E-state index in [4.69, 9.17) is 5.11 Å². The fraction of sp³-hybridized carbons (Fsp3) is 0.250. The van der Waals surface area contributed by atoms with Gasteiger partial charge in [-0.2, -0.15) is 0 Å². The van der Waals surface area contributed by atoms with Crippen molar-refractivity contribution in [3.8, 4) is 5.75 Å². The van der Waals surface area contributed by atoms with Crippen LogP contribution in [0.15, 0.2) is 18.2 Å². The van der Waals surface area contributed by atoms with Gasteiger partial charge < -0.3 is 9.84 Å². The number of aliphatic hydroxyl groups excluding tert-OH is 1. The Morgan fingerprint density at radius 2 is 1.93 bits per heavy atom. The number of hydrogen-bond acceptors (Lipinski definition) is 2. The van der Waals surface area contributed by atoms with Crippen LogP contribution in [-0.2, 0) is 6.61 Å². The first-order valence-corrected chi connectivity index (χ1v) is 3.58. The molecule has 1 aromatic carbocycles. The zero-order chi connectivity index (χ0) is 10.8. The number of alkyl halides is 3. The summed E-state index contributed by atoms with van der Waals surface area (Å²) in [7, 11) is 0. The maximum atomic E-state index is 12.8. The molecule has 0 aromatic heterocycles. The summed E-state index contributed by atoms with van der Waals surface area (Å²) in [5, 5.41) is 8.63. The van der Waals surface area contributed by atoms with Crippen molar-refractivity contribution in [1.29, 1.82) is 0 Å². The molecule has 1 aromatic rings. The lowest BCUT2D eigenvalue weighted by Crippen LogP contribution is -2.19. The maximum Gasteiger partial charge on any atom is 0.573 e. The highest BCUT2D eigenvalue weighted by Crippen LogP contribution is 2.28. The van der Waals surface area contributed by atoms with E-state index in [1.54, 1.807) is 0 Å². The van der Waals surface area contributed by atoms with Crippen molar-refractivity contribution in [2.45, 2.75) is 13.0 Å². The molecule has 0 spiro atoms. The van der Waals surface area contributed by atoms with Gasteiger partial charge in [0.1, 0.15) is 0 Å². The third kappa shape index (κ3) is 2.59. The van der Waals surface area contributed by atoms with Crippen LogP contribution >= 0.6 is 0 Å². The standard InChI is InChI=1S/C8H6F4O2/c9-6-3-1-2-5(4-13)7(6)14-8(10,11)12/h1-3,13H,4H2. The average Bonchev–Trinajstić information content (AvgIpc) is 2.06. The van der Waals surface area contributed by atoms with E-state index in [1.807, 2.05) is 0 Å². The first-order valence-electron chi connectivity index (χ1n) is 3.58.